The van der Waals surface area contributed by atoms with Crippen LogP contribution < -0.4 is 15.4 Å². The molecule has 2 N–H and O–H groups in total. The third-order valence-electron chi connectivity index (χ3n) is 6.89. The van der Waals surface area contributed by atoms with Crippen molar-refractivity contribution < 1.29 is 19.1 Å². The number of nitrogens with one attached hydrogen (secondary N) is 2. The van der Waals surface area contributed by atoms with Crippen LogP contribution in [0.5, 0.6) is 5.75 Å². The van der Waals surface area contributed by atoms with Crippen molar-refractivity contribution >= 4 is 46.1 Å². The molecule has 1 atom stereocenters. The van der Waals surface area contributed by atoms with E-state index in [0.29, 0.717) is 27.9 Å². The molecule has 4 aromatic rings. The first kappa shape index (κ1) is 34.7. The standard InChI is InChI=1S/C18H22ClNO3.C17H19ClN2O/c1-3-4-5-7-13(2)23-17(21)12-22-16-10-9-15(19)14-8-6-11-20-18(14)16;1-17(2,14-9-4-3-5-10-14)20-16(21)19-12-13-8-6-7-11-15(13)18/h6,8-11,13H,3-5,7,12H2,1-2H3;3-11H,12H2,1-2H3,(H2,19,20,21). The minimum atomic E-state index is -0.439. The number of pyridine rings is 1. The van der Waals surface area contributed by atoms with E-state index < -0.39 is 5.54 Å². The lowest BCUT2D eigenvalue weighted by Gasteiger charge is -2.27. The first-order valence-electron chi connectivity index (χ1n) is 14.8. The van der Waals surface area contributed by atoms with Crippen molar-refractivity contribution in [3.63, 3.8) is 0 Å². The van der Waals surface area contributed by atoms with Crippen LogP contribution in [-0.4, -0.2) is 29.7 Å². The van der Waals surface area contributed by atoms with Crippen LogP contribution in [0.1, 0.15) is 64.5 Å². The number of amides is 2. The summed E-state index contributed by atoms with van der Waals surface area (Å²) in [5.74, 6) is 0.161. The fourth-order valence-electron chi connectivity index (χ4n) is 4.44. The van der Waals surface area contributed by atoms with Gasteiger partial charge in [-0.05, 0) is 75.1 Å². The largest absolute Gasteiger partial charge is 0.480 e. The molecule has 0 aliphatic carbocycles. The smallest absolute Gasteiger partial charge is 0.344 e. The van der Waals surface area contributed by atoms with Crippen LogP contribution in [0.2, 0.25) is 10.0 Å². The van der Waals surface area contributed by atoms with Crippen molar-refractivity contribution in [3.05, 3.63) is 106 Å². The van der Waals surface area contributed by atoms with E-state index >= 15 is 0 Å². The summed E-state index contributed by atoms with van der Waals surface area (Å²) in [5, 5.41) is 7.86. The maximum atomic E-state index is 12.1. The van der Waals surface area contributed by atoms with Gasteiger partial charge in [-0.1, -0.05) is 91.5 Å². The van der Waals surface area contributed by atoms with Crippen LogP contribution in [0.4, 0.5) is 4.79 Å². The molecule has 2 amide bonds. The Bertz CT molecular complexity index is 1500. The maximum absolute atomic E-state index is 12.1. The molecule has 7 nitrogen and oxygen atoms in total. The number of nitrogens with zero attached hydrogens (tertiary/aromatic N) is 1. The number of urea groups is 1. The lowest BCUT2D eigenvalue weighted by Crippen LogP contribution is -2.46. The van der Waals surface area contributed by atoms with Gasteiger partial charge < -0.3 is 20.1 Å². The van der Waals surface area contributed by atoms with Crippen LogP contribution in [-0.2, 0) is 21.6 Å². The number of esters is 1. The molecule has 0 aliphatic heterocycles. The number of ether oxygens (including phenoxy) is 2. The number of rotatable bonds is 12. The predicted molar refractivity (Wildman–Crippen MR) is 178 cm³/mol. The quantitative estimate of drug-likeness (QED) is 0.120. The minimum absolute atomic E-state index is 0.0854. The number of hydrogen-bond acceptors (Lipinski definition) is 5. The van der Waals surface area contributed by atoms with E-state index in [1.165, 1.54) is 0 Å². The topological polar surface area (TPSA) is 89.6 Å². The highest BCUT2D eigenvalue weighted by Crippen LogP contribution is 2.29. The predicted octanol–water partition coefficient (Wildman–Crippen LogP) is 8.85. The van der Waals surface area contributed by atoms with E-state index in [1.54, 1.807) is 18.3 Å². The number of benzene rings is 3. The van der Waals surface area contributed by atoms with Gasteiger partial charge in [0.05, 0.1) is 16.7 Å². The van der Waals surface area contributed by atoms with Crippen LogP contribution in [0.3, 0.4) is 0 Å². The number of hydrogen-bond donors (Lipinski definition) is 2. The van der Waals surface area contributed by atoms with Gasteiger partial charge in [0.25, 0.3) is 0 Å². The first-order chi connectivity index (χ1) is 21.1. The zero-order valence-electron chi connectivity index (χ0n) is 25.7. The second-order valence-corrected chi connectivity index (χ2v) is 11.7. The van der Waals surface area contributed by atoms with Gasteiger partial charge in [-0.3, -0.25) is 4.98 Å². The summed E-state index contributed by atoms with van der Waals surface area (Å²) in [7, 11) is 0. The molecule has 234 valence electrons. The number of aromatic nitrogens is 1. The Hall–Kier alpha value is -3.81. The lowest BCUT2D eigenvalue weighted by atomic mass is 9.95. The van der Waals surface area contributed by atoms with Gasteiger partial charge in [-0.25, -0.2) is 9.59 Å². The molecule has 0 saturated heterocycles. The second kappa shape index (κ2) is 17.5. The Kier molecular flexibility index (Phi) is 13.8. The first-order valence-corrected chi connectivity index (χ1v) is 15.6. The van der Waals surface area contributed by atoms with Gasteiger partial charge in [-0.15, -0.1) is 0 Å². The number of carbonyl (C=O) groups excluding carboxylic acids is 2. The summed E-state index contributed by atoms with van der Waals surface area (Å²) in [4.78, 5) is 28.2. The summed E-state index contributed by atoms with van der Waals surface area (Å²) in [6.07, 6.45) is 5.83. The normalized spacial score (nSPS) is 11.6. The van der Waals surface area contributed by atoms with E-state index in [0.717, 1.165) is 42.2 Å². The highest BCUT2D eigenvalue weighted by Gasteiger charge is 2.22. The van der Waals surface area contributed by atoms with E-state index in [-0.39, 0.29) is 24.7 Å². The van der Waals surface area contributed by atoms with Crippen LogP contribution >= 0.6 is 23.2 Å². The van der Waals surface area contributed by atoms with Crippen molar-refractivity contribution in [2.24, 2.45) is 0 Å². The molecule has 4 rings (SSSR count). The zero-order chi connectivity index (χ0) is 32.0. The van der Waals surface area contributed by atoms with Crippen molar-refractivity contribution in [1.29, 1.82) is 0 Å². The molecule has 9 heteroatoms. The highest BCUT2D eigenvalue weighted by molar-refractivity contribution is 6.35. The Balaban J connectivity index is 0.000000241. The van der Waals surface area contributed by atoms with E-state index in [4.69, 9.17) is 32.7 Å². The summed E-state index contributed by atoms with van der Waals surface area (Å²) < 4.78 is 10.9. The summed E-state index contributed by atoms with van der Waals surface area (Å²) in [5.41, 5.74) is 2.15. The van der Waals surface area contributed by atoms with E-state index in [9.17, 15) is 9.59 Å². The Morgan fingerprint density at radius 3 is 2.36 bits per heavy atom. The van der Waals surface area contributed by atoms with Crippen LogP contribution in [0, 0.1) is 0 Å². The molecule has 0 radical (unpaired) electrons. The number of carbonyl (C=O) groups is 2. The maximum Gasteiger partial charge on any atom is 0.344 e. The molecule has 1 aromatic heterocycles. The number of fused-ring (bicyclic) bond motifs is 1. The molecule has 1 heterocycles. The van der Waals surface area contributed by atoms with E-state index in [1.807, 2.05) is 87.5 Å². The Morgan fingerprint density at radius 1 is 0.909 bits per heavy atom. The van der Waals surface area contributed by atoms with Crippen molar-refractivity contribution in [1.82, 2.24) is 15.6 Å². The fourth-order valence-corrected chi connectivity index (χ4v) is 4.85. The van der Waals surface area contributed by atoms with Gasteiger partial charge in [0.2, 0.25) is 0 Å². The third kappa shape index (κ3) is 11.0. The molecule has 0 saturated carbocycles. The van der Waals surface area contributed by atoms with Crippen LogP contribution in [0.15, 0.2) is 85.1 Å². The molecule has 1 unspecified atom stereocenters. The molecule has 0 fully saturated rings. The average molecular weight is 639 g/mol. The monoisotopic (exact) mass is 637 g/mol. The Labute approximate surface area is 270 Å². The minimum Gasteiger partial charge on any atom is -0.480 e. The van der Waals surface area contributed by atoms with Gasteiger partial charge in [-0.2, -0.15) is 0 Å². The van der Waals surface area contributed by atoms with Gasteiger partial charge in [0.15, 0.2) is 6.61 Å². The molecule has 44 heavy (non-hydrogen) atoms. The van der Waals surface area contributed by atoms with Crippen LogP contribution in [0.25, 0.3) is 10.9 Å². The van der Waals surface area contributed by atoms with Gasteiger partial charge in [0.1, 0.15) is 11.3 Å². The van der Waals surface area contributed by atoms with Gasteiger partial charge >= 0.3 is 12.0 Å². The number of unbranched alkanes of at least 4 members (excludes halogenated alkanes) is 2. The molecule has 0 aliphatic rings. The molecular formula is C35H41Cl2N3O4. The highest BCUT2D eigenvalue weighted by atomic mass is 35.5. The van der Waals surface area contributed by atoms with Crippen molar-refractivity contribution in [3.8, 4) is 5.75 Å². The molecular weight excluding hydrogens is 597 g/mol. The molecule has 0 bridgehead atoms. The molecule has 3 aromatic carbocycles. The SMILES string of the molecule is CC(C)(NC(=O)NCc1ccccc1Cl)c1ccccc1.CCCCCC(C)OC(=O)COc1ccc(Cl)c2cccnc12. The molecule has 0 spiro atoms. The van der Waals surface area contributed by atoms with Gasteiger partial charge in [0, 0.05) is 23.2 Å². The third-order valence-corrected chi connectivity index (χ3v) is 7.59. The average Bonchev–Trinajstić information content (AvgIpc) is 3.01. The fraction of sp³-hybridized carbons (Fsp3) is 0.343. The Morgan fingerprint density at radius 2 is 1.64 bits per heavy atom. The van der Waals surface area contributed by atoms with E-state index in [2.05, 4.69) is 22.5 Å². The van der Waals surface area contributed by atoms with Crippen molar-refractivity contribution in [2.75, 3.05) is 6.61 Å². The summed E-state index contributed by atoms with van der Waals surface area (Å²) in [6, 6.07) is 24.2. The zero-order valence-corrected chi connectivity index (χ0v) is 27.3. The summed E-state index contributed by atoms with van der Waals surface area (Å²) >= 11 is 12.2. The van der Waals surface area contributed by atoms with Crippen molar-refractivity contribution in [2.45, 2.75) is 71.6 Å². The second-order valence-electron chi connectivity index (χ2n) is 10.9. The summed E-state index contributed by atoms with van der Waals surface area (Å²) in [6.45, 7) is 8.26. The lowest BCUT2D eigenvalue weighted by molar-refractivity contribution is -0.150. The number of halogens is 2.